The Morgan fingerprint density at radius 3 is 1.50 bits per heavy atom. The minimum Gasteiger partial charge on any atom is -0.256 e. The first-order valence-electron chi connectivity index (χ1n) is 16.6. The van der Waals surface area contributed by atoms with E-state index in [1.54, 1.807) is 12.2 Å². The second kappa shape index (κ2) is 15.4. The van der Waals surface area contributed by atoms with Crippen molar-refractivity contribution in [1.82, 2.24) is 19.9 Å². The molecule has 4 heterocycles. The zero-order valence-electron chi connectivity index (χ0n) is 29.2. The van der Waals surface area contributed by atoms with Crippen molar-refractivity contribution in [3.05, 3.63) is 128 Å². The van der Waals surface area contributed by atoms with E-state index in [2.05, 4.69) is 19.9 Å². The minimum absolute atomic E-state index is 0.0214. The lowest BCUT2D eigenvalue weighted by Crippen LogP contribution is -2.09. The molecule has 18 heteroatoms. The monoisotopic (exact) mass is 928 g/mol. The highest BCUT2D eigenvalue weighted by Gasteiger charge is 2.34. The van der Waals surface area contributed by atoms with Gasteiger partial charge in [-0.1, -0.05) is 26.0 Å². The zero-order chi connectivity index (χ0) is 40.8. The van der Waals surface area contributed by atoms with Crippen LogP contribution >= 0.6 is 22.6 Å². The minimum atomic E-state index is -4.52. The summed E-state index contributed by atoms with van der Waals surface area (Å²) >= 11 is 1.97. The van der Waals surface area contributed by atoms with Gasteiger partial charge >= 0.3 is 12.4 Å². The standard InChI is InChI=1S/C22H16F4N2O2S.C16H12F3IN2O2S/c1-2-31(29,30)20-10-16(13-3-5-18(23)6-4-13)11-28-21(20)15-7-14-8-17(22(24,25)26)12-27-19(14)9-15;1-2-25(23,24)14-6-12(20)8-22-15(14)10-3-9-4-11(16(17,18)19)7-21-13(9)5-10/h3-6,8-12H,2,7H2,1H3;4-8H,2-3H2,1H3. The van der Waals surface area contributed by atoms with Gasteiger partial charge in [-0.3, -0.25) is 19.9 Å². The summed E-state index contributed by atoms with van der Waals surface area (Å²) in [5.74, 6) is -0.682. The normalized spacial score (nSPS) is 14.0. The molecule has 0 N–H and O–H groups in total. The van der Waals surface area contributed by atoms with Gasteiger partial charge in [0.1, 0.15) is 5.82 Å². The number of nitrogens with zero attached hydrogens (tertiary/aromatic N) is 4. The van der Waals surface area contributed by atoms with Crippen LogP contribution in [0.2, 0.25) is 0 Å². The second-order valence-electron chi connectivity index (χ2n) is 12.6. The number of alkyl halides is 6. The molecule has 8 nitrogen and oxygen atoms in total. The predicted octanol–water partition coefficient (Wildman–Crippen LogP) is 9.18. The molecule has 0 bridgehead atoms. The van der Waals surface area contributed by atoms with Gasteiger partial charge in [0.15, 0.2) is 19.7 Å². The van der Waals surface area contributed by atoms with Gasteiger partial charge in [0, 0.05) is 46.8 Å². The van der Waals surface area contributed by atoms with Crippen molar-refractivity contribution in [2.24, 2.45) is 0 Å². The van der Waals surface area contributed by atoms with Crippen LogP contribution in [0.1, 0.15) is 58.9 Å². The Kier molecular flexibility index (Phi) is 11.3. The molecule has 292 valence electrons. The molecule has 0 spiro atoms. The molecular weight excluding hydrogens is 900 g/mol. The van der Waals surface area contributed by atoms with Gasteiger partial charge in [0.2, 0.25) is 0 Å². The second-order valence-corrected chi connectivity index (χ2v) is 18.3. The van der Waals surface area contributed by atoms with Crippen LogP contribution in [-0.2, 0) is 44.9 Å². The SMILES string of the molecule is CCS(=O)(=O)c1cc(-c2ccc(F)cc2)cnc1C1=Cc2ncc(C(F)(F)F)cc2C1.CCS(=O)(=O)c1cc(I)cnc1C1=Cc2ncc(C(F)(F)F)cc2C1. The Balaban J connectivity index is 0.000000194. The molecule has 0 saturated heterocycles. The maximum Gasteiger partial charge on any atom is 0.417 e. The number of rotatable bonds is 7. The molecular formula is C38H28F7IN4O4S2. The molecule has 0 saturated carbocycles. The first-order valence-corrected chi connectivity index (χ1v) is 21.0. The molecule has 0 fully saturated rings. The van der Waals surface area contributed by atoms with Gasteiger partial charge in [-0.05, 0) is 99.0 Å². The number of sulfone groups is 2. The molecule has 1 aromatic carbocycles. The fourth-order valence-electron chi connectivity index (χ4n) is 5.97. The van der Waals surface area contributed by atoms with Crippen molar-refractivity contribution in [1.29, 1.82) is 0 Å². The third kappa shape index (κ3) is 8.71. The van der Waals surface area contributed by atoms with E-state index in [4.69, 9.17) is 0 Å². The largest absolute Gasteiger partial charge is 0.417 e. The maximum atomic E-state index is 13.2. The fraction of sp³-hybridized carbons (Fsp3) is 0.211. The van der Waals surface area contributed by atoms with Gasteiger partial charge in [-0.25, -0.2) is 21.2 Å². The number of aromatic nitrogens is 4. The van der Waals surface area contributed by atoms with Crippen molar-refractivity contribution < 1.29 is 47.6 Å². The van der Waals surface area contributed by atoms with Crippen LogP contribution in [0.3, 0.4) is 0 Å². The Bertz CT molecular complexity index is 2650. The van der Waals surface area contributed by atoms with Gasteiger partial charge in [0.25, 0.3) is 0 Å². The molecule has 2 aliphatic carbocycles. The Labute approximate surface area is 330 Å². The number of hydrogen-bond donors (Lipinski definition) is 0. The van der Waals surface area contributed by atoms with Crippen molar-refractivity contribution in [2.75, 3.05) is 11.5 Å². The van der Waals surface area contributed by atoms with Gasteiger partial charge < -0.3 is 0 Å². The van der Waals surface area contributed by atoms with E-state index in [1.165, 1.54) is 62.6 Å². The summed E-state index contributed by atoms with van der Waals surface area (Å²) in [5.41, 5.74) is 2.39. The van der Waals surface area contributed by atoms with E-state index in [0.717, 1.165) is 24.5 Å². The molecule has 0 aliphatic heterocycles. The van der Waals surface area contributed by atoms with E-state index in [9.17, 15) is 47.6 Å². The first-order chi connectivity index (χ1) is 26.2. The number of allylic oxidation sites excluding steroid dienone is 2. The summed E-state index contributed by atoms with van der Waals surface area (Å²) in [6.45, 7) is 3.03. The summed E-state index contributed by atoms with van der Waals surface area (Å²) in [6, 6.07) is 10.6. The number of pyridine rings is 4. The van der Waals surface area contributed by atoms with E-state index < -0.39 is 49.0 Å². The smallest absolute Gasteiger partial charge is 0.256 e. The van der Waals surface area contributed by atoms with Crippen molar-refractivity contribution in [3.8, 4) is 11.1 Å². The third-order valence-corrected chi connectivity index (χ3v) is 13.0. The fourth-order valence-corrected chi connectivity index (χ4v) is 8.83. The predicted molar refractivity (Wildman–Crippen MR) is 204 cm³/mol. The highest BCUT2D eigenvalue weighted by atomic mass is 127. The number of halogens is 8. The van der Waals surface area contributed by atoms with E-state index in [-0.39, 0.29) is 45.5 Å². The number of hydrogen-bond acceptors (Lipinski definition) is 8. The van der Waals surface area contributed by atoms with E-state index in [0.29, 0.717) is 48.4 Å². The van der Waals surface area contributed by atoms with E-state index in [1.807, 2.05) is 22.6 Å². The van der Waals surface area contributed by atoms with Crippen molar-refractivity contribution in [2.45, 2.75) is 48.8 Å². The van der Waals surface area contributed by atoms with Crippen LogP contribution in [-0.4, -0.2) is 48.3 Å². The topological polar surface area (TPSA) is 120 Å². The van der Waals surface area contributed by atoms with Crippen LogP contribution in [0.4, 0.5) is 30.7 Å². The average Bonchev–Trinajstić information content (AvgIpc) is 3.78. The van der Waals surface area contributed by atoms with E-state index >= 15 is 0 Å². The Hall–Kier alpha value is -4.56. The molecule has 56 heavy (non-hydrogen) atoms. The van der Waals surface area contributed by atoms with Gasteiger partial charge in [0.05, 0.1) is 55.2 Å². The first kappa shape index (κ1) is 41.1. The molecule has 0 amide bonds. The third-order valence-electron chi connectivity index (χ3n) is 8.93. The van der Waals surface area contributed by atoms with Crippen LogP contribution in [0, 0.1) is 9.39 Å². The van der Waals surface area contributed by atoms with Crippen LogP contribution in [0.25, 0.3) is 34.4 Å². The van der Waals surface area contributed by atoms with Crippen LogP contribution in [0.5, 0.6) is 0 Å². The summed E-state index contributed by atoms with van der Waals surface area (Å²) in [4.78, 5) is 16.4. The van der Waals surface area contributed by atoms with Gasteiger partial charge in [-0.15, -0.1) is 0 Å². The number of benzene rings is 1. The Morgan fingerprint density at radius 2 is 1.05 bits per heavy atom. The van der Waals surface area contributed by atoms with Crippen LogP contribution < -0.4 is 0 Å². The summed E-state index contributed by atoms with van der Waals surface area (Å²) < 4.78 is 142. The molecule has 4 aromatic heterocycles. The highest BCUT2D eigenvalue weighted by Crippen LogP contribution is 2.39. The lowest BCUT2D eigenvalue weighted by Gasteiger charge is -2.12. The maximum absolute atomic E-state index is 13.2. The summed E-state index contributed by atoms with van der Waals surface area (Å²) in [5, 5.41) is 0. The molecule has 0 unspecified atom stereocenters. The molecule has 0 atom stereocenters. The van der Waals surface area contributed by atoms with Crippen LogP contribution in [0.15, 0.2) is 83.1 Å². The summed E-state index contributed by atoms with van der Waals surface area (Å²) in [6.07, 6.45) is -1.05. The quantitative estimate of drug-likeness (QED) is 0.117. The molecule has 0 radical (unpaired) electrons. The van der Waals surface area contributed by atoms with Crippen molar-refractivity contribution in [3.63, 3.8) is 0 Å². The lowest BCUT2D eigenvalue weighted by molar-refractivity contribution is -0.138. The molecule has 5 aromatic rings. The zero-order valence-corrected chi connectivity index (χ0v) is 33.0. The number of fused-ring (bicyclic) bond motifs is 2. The van der Waals surface area contributed by atoms with Gasteiger partial charge in [-0.2, -0.15) is 26.3 Å². The average molecular weight is 929 g/mol. The lowest BCUT2D eigenvalue weighted by atomic mass is 10.0. The van der Waals surface area contributed by atoms with Crippen molar-refractivity contribution >= 4 is 65.6 Å². The molecule has 2 aliphatic rings. The molecule has 7 rings (SSSR count). The Morgan fingerprint density at radius 1 is 0.607 bits per heavy atom. The summed E-state index contributed by atoms with van der Waals surface area (Å²) in [7, 11) is -7.22. The highest BCUT2D eigenvalue weighted by molar-refractivity contribution is 14.1.